The van der Waals surface area contributed by atoms with E-state index in [0.717, 1.165) is 23.4 Å². The molecule has 1 aliphatic rings. The van der Waals surface area contributed by atoms with Crippen LogP contribution in [0, 0.1) is 13.8 Å². The van der Waals surface area contributed by atoms with Crippen molar-refractivity contribution in [3.05, 3.63) is 52.2 Å². The van der Waals surface area contributed by atoms with Crippen LogP contribution in [0.4, 0.5) is 0 Å². The van der Waals surface area contributed by atoms with Crippen molar-refractivity contribution in [2.75, 3.05) is 6.61 Å². The lowest BCUT2D eigenvalue weighted by molar-refractivity contribution is 0.0525. The van der Waals surface area contributed by atoms with Gasteiger partial charge in [0.15, 0.2) is 0 Å². The first-order valence-electron chi connectivity index (χ1n) is 6.87. The molecule has 1 heterocycles. The number of benzene rings is 1. The third-order valence-corrected chi connectivity index (χ3v) is 3.69. The predicted octanol–water partition coefficient (Wildman–Crippen LogP) is 3.45. The molecule has 0 saturated heterocycles. The van der Waals surface area contributed by atoms with Gasteiger partial charge in [0.1, 0.15) is 0 Å². The average molecular weight is 267 g/mol. The van der Waals surface area contributed by atoms with Gasteiger partial charge in [-0.05, 0) is 44.0 Å². The second-order valence-corrected chi connectivity index (χ2v) is 5.19. The monoisotopic (exact) mass is 267 g/mol. The van der Waals surface area contributed by atoms with Crippen LogP contribution < -0.4 is 0 Å². The smallest absolute Gasteiger partial charge is 0.339 e. The van der Waals surface area contributed by atoms with E-state index in [1.807, 2.05) is 19.9 Å². The average Bonchev–Trinajstić information content (AvgIpc) is 2.75. The first-order chi connectivity index (χ1) is 9.60. The Morgan fingerprint density at radius 1 is 1.25 bits per heavy atom. The third-order valence-electron chi connectivity index (χ3n) is 3.69. The van der Waals surface area contributed by atoms with Crippen LogP contribution >= 0.6 is 0 Å². The number of pyridine rings is 1. The fraction of sp³-hybridized carbons (Fsp3) is 0.294. The van der Waals surface area contributed by atoms with Gasteiger partial charge < -0.3 is 4.74 Å². The predicted molar refractivity (Wildman–Crippen MR) is 77.9 cm³/mol. The van der Waals surface area contributed by atoms with Gasteiger partial charge in [0, 0.05) is 12.0 Å². The summed E-state index contributed by atoms with van der Waals surface area (Å²) in [5.41, 5.74) is 7.13. The maximum atomic E-state index is 11.9. The standard InChI is InChI=1S/C17H17NO2/c1-4-20-17(19)14-9-13-8-12-6-5-10(2)7-15(12)16(13)18-11(14)3/h5-7,9H,4,8H2,1-3H3. The second-order valence-electron chi connectivity index (χ2n) is 5.19. The molecule has 1 aromatic heterocycles. The van der Waals surface area contributed by atoms with Crippen LogP contribution in [-0.2, 0) is 11.2 Å². The molecule has 0 aliphatic heterocycles. The van der Waals surface area contributed by atoms with Gasteiger partial charge in [-0.3, -0.25) is 4.98 Å². The molecular weight excluding hydrogens is 250 g/mol. The first-order valence-corrected chi connectivity index (χ1v) is 6.87. The molecular formula is C17H17NO2. The maximum absolute atomic E-state index is 11.9. The van der Waals surface area contributed by atoms with E-state index in [4.69, 9.17) is 4.74 Å². The number of carbonyl (C=O) groups excluding carboxylic acids is 1. The number of esters is 1. The molecule has 0 radical (unpaired) electrons. The van der Waals surface area contributed by atoms with Crippen molar-refractivity contribution in [1.82, 2.24) is 4.98 Å². The van der Waals surface area contributed by atoms with Crippen molar-refractivity contribution in [1.29, 1.82) is 0 Å². The first kappa shape index (κ1) is 12.9. The molecule has 0 atom stereocenters. The minimum absolute atomic E-state index is 0.285. The highest BCUT2D eigenvalue weighted by molar-refractivity contribution is 5.92. The van der Waals surface area contributed by atoms with Crippen LogP contribution in [0.15, 0.2) is 24.3 Å². The Morgan fingerprint density at radius 3 is 2.80 bits per heavy atom. The van der Waals surface area contributed by atoms with Gasteiger partial charge in [0.25, 0.3) is 0 Å². The zero-order valence-corrected chi connectivity index (χ0v) is 12.0. The van der Waals surface area contributed by atoms with E-state index in [-0.39, 0.29) is 5.97 Å². The lowest BCUT2D eigenvalue weighted by Crippen LogP contribution is -2.09. The molecule has 3 nitrogen and oxygen atoms in total. The zero-order chi connectivity index (χ0) is 14.3. The van der Waals surface area contributed by atoms with Gasteiger partial charge >= 0.3 is 5.97 Å². The topological polar surface area (TPSA) is 39.2 Å². The zero-order valence-electron chi connectivity index (χ0n) is 12.0. The number of fused-ring (bicyclic) bond motifs is 3. The lowest BCUT2D eigenvalue weighted by atomic mass is 10.1. The summed E-state index contributed by atoms with van der Waals surface area (Å²) < 4.78 is 5.09. The number of aromatic nitrogens is 1. The summed E-state index contributed by atoms with van der Waals surface area (Å²) >= 11 is 0. The highest BCUT2D eigenvalue weighted by Crippen LogP contribution is 2.36. The van der Waals surface area contributed by atoms with Crippen molar-refractivity contribution in [3.8, 4) is 11.3 Å². The number of hydrogen-bond donors (Lipinski definition) is 0. The van der Waals surface area contributed by atoms with Gasteiger partial charge in [-0.25, -0.2) is 4.79 Å². The fourth-order valence-electron chi connectivity index (χ4n) is 2.70. The molecule has 0 unspecified atom stereocenters. The third kappa shape index (κ3) is 1.99. The van der Waals surface area contributed by atoms with E-state index in [9.17, 15) is 4.79 Å². The number of carbonyl (C=O) groups is 1. The summed E-state index contributed by atoms with van der Waals surface area (Å²) in [7, 11) is 0. The van der Waals surface area contributed by atoms with E-state index >= 15 is 0 Å². The van der Waals surface area contributed by atoms with Crippen molar-refractivity contribution in [3.63, 3.8) is 0 Å². The van der Waals surface area contributed by atoms with Crippen molar-refractivity contribution in [2.24, 2.45) is 0 Å². The van der Waals surface area contributed by atoms with Crippen LogP contribution in [0.25, 0.3) is 11.3 Å². The molecule has 0 saturated carbocycles. The van der Waals surface area contributed by atoms with Crippen molar-refractivity contribution in [2.45, 2.75) is 27.2 Å². The van der Waals surface area contributed by atoms with Crippen molar-refractivity contribution >= 4 is 5.97 Å². The SMILES string of the molecule is CCOC(=O)c1cc2c(nc1C)-c1cc(C)ccc1C2. The summed E-state index contributed by atoms with van der Waals surface area (Å²) in [6.07, 6.45) is 0.838. The van der Waals surface area contributed by atoms with E-state index < -0.39 is 0 Å². The normalized spacial score (nSPS) is 11.9. The number of aryl methyl sites for hydroxylation is 2. The Hall–Kier alpha value is -2.16. The Bertz CT molecular complexity index is 704. The molecule has 0 spiro atoms. The molecule has 20 heavy (non-hydrogen) atoms. The largest absolute Gasteiger partial charge is 0.462 e. The van der Waals surface area contributed by atoms with E-state index in [1.54, 1.807) is 0 Å². The summed E-state index contributed by atoms with van der Waals surface area (Å²) in [5, 5.41) is 0. The summed E-state index contributed by atoms with van der Waals surface area (Å²) in [6, 6.07) is 8.36. The Kier molecular flexibility index (Phi) is 3.05. The molecule has 3 heteroatoms. The highest BCUT2D eigenvalue weighted by Gasteiger charge is 2.23. The van der Waals surface area contributed by atoms with Gasteiger partial charge in [0.05, 0.1) is 23.6 Å². The van der Waals surface area contributed by atoms with Crippen molar-refractivity contribution < 1.29 is 9.53 Å². The summed E-state index contributed by atoms with van der Waals surface area (Å²) in [4.78, 5) is 16.6. The van der Waals surface area contributed by atoms with Gasteiger partial charge in [-0.1, -0.05) is 17.7 Å². The molecule has 2 aromatic rings. The van der Waals surface area contributed by atoms with Gasteiger partial charge in [0.2, 0.25) is 0 Å². The van der Waals surface area contributed by atoms with Crippen LogP contribution in [0.1, 0.15) is 39.7 Å². The number of hydrogen-bond acceptors (Lipinski definition) is 3. The summed E-state index contributed by atoms with van der Waals surface area (Å²) in [6.45, 7) is 6.14. The fourth-order valence-corrected chi connectivity index (χ4v) is 2.70. The van der Waals surface area contributed by atoms with E-state index in [1.165, 1.54) is 16.7 Å². The molecule has 0 bridgehead atoms. The molecule has 1 aliphatic carbocycles. The van der Waals surface area contributed by atoms with Crippen LogP contribution in [-0.4, -0.2) is 17.6 Å². The van der Waals surface area contributed by atoms with E-state index in [2.05, 4.69) is 30.1 Å². The van der Waals surface area contributed by atoms with Gasteiger partial charge in [-0.15, -0.1) is 0 Å². The molecule has 102 valence electrons. The quantitative estimate of drug-likeness (QED) is 0.668. The molecule has 3 rings (SSSR count). The Morgan fingerprint density at radius 2 is 2.05 bits per heavy atom. The summed E-state index contributed by atoms with van der Waals surface area (Å²) in [5.74, 6) is -0.285. The maximum Gasteiger partial charge on any atom is 0.339 e. The highest BCUT2D eigenvalue weighted by atomic mass is 16.5. The molecule has 0 amide bonds. The minimum atomic E-state index is -0.285. The molecule has 0 N–H and O–H groups in total. The number of ether oxygens (including phenoxy) is 1. The van der Waals surface area contributed by atoms with E-state index in [0.29, 0.717) is 12.2 Å². The number of nitrogens with zero attached hydrogens (tertiary/aromatic N) is 1. The minimum Gasteiger partial charge on any atom is -0.462 e. The molecule has 1 aromatic carbocycles. The Balaban J connectivity index is 2.09. The van der Waals surface area contributed by atoms with Crippen LogP contribution in [0.2, 0.25) is 0 Å². The van der Waals surface area contributed by atoms with Gasteiger partial charge in [-0.2, -0.15) is 0 Å². The second kappa shape index (κ2) is 4.75. The van der Waals surface area contributed by atoms with Crippen LogP contribution in [0.3, 0.4) is 0 Å². The Labute approximate surface area is 118 Å². The lowest BCUT2D eigenvalue weighted by Gasteiger charge is -2.08. The van der Waals surface area contributed by atoms with Crippen LogP contribution in [0.5, 0.6) is 0 Å². The molecule has 0 fully saturated rings. The number of rotatable bonds is 2.